The number of methoxy groups -OCH3 is 3. The van der Waals surface area contributed by atoms with Gasteiger partial charge in [-0.25, -0.2) is 19.9 Å². The van der Waals surface area contributed by atoms with Gasteiger partial charge in [0.25, 0.3) is 5.91 Å². The number of piperazine rings is 1. The summed E-state index contributed by atoms with van der Waals surface area (Å²) in [4.78, 5) is 191. The maximum absolute atomic E-state index is 15.7. The number of carbonyl (C=O) groups excluding carboxylic acids is 11. The van der Waals surface area contributed by atoms with Crippen molar-refractivity contribution < 1.29 is 107 Å². The molecule has 0 radical (unpaired) electrons. The van der Waals surface area contributed by atoms with Gasteiger partial charge in [0.2, 0.25) is 47.0 Å². The molecule has 1 spiro atoms. The number of para-hydroxylation sites is 1. The number of aromatic amines is 1. The summed E-state index contributed by atoms with van der Waals surface area (Å²) in [6.07, 6.45) is 3.54. The van der Waals surface area contributed by atoms with Crippen molar-refractivity contribution in [2.75, 3.05) is 101 Å². The van der Waals surface area contributed by atoms with Gasteiger partial charge in [-0.15, -0.1) is 11.8 Å². The number of piperidine rings is 1. The third kappa shape index (κ3) is 17.2. The van der Waals surface area contributed by atoms with Gasteiger partial charge in [0.05, 0.1) is 72.3 Å². The lowest BCUT2D eigenvalue weighted by molar-refractivity contribution is -0.208. The fourth-order valence-electron chi connectivity index (χ4n) is 23.4. The lowest BCUT2D eigenvalue weighted by Crippen LogP contribution is -2.79. The number of amides is 8. The zero-order valence-corrected chi connectivity index (χ0v) is 78.4. The average molecular weight is 1910 g/mol. The summed E-state index contributed by atoms with van der Waals surface area (Å²) in [5, 5.41) is 90.4. The Bertz CT molecular complexity index is 5580. The van der Waals surface area contributed by atoms with Crippen LogP contribution < -0.4 is 68.6 Å². The molecule has 7 aliphatic heterocycles. The number of H-pyrrole nitrogens is 1. The Morgan fingerprint density at radius 2 is 1.57 bits per heavy atom. The molecule has 4 aliphatic carbocycles. The van der Waals surface area contributed by atoms with Gasteiger partial charge in [-0.05, 0) is 130 Å². The van der Waals surface area contributed by atoms with E-state index in [1.807, 2.05) is 67.3 Å². The molecule has 2 saturated carbocycles. The molecule has 4 aromatic rings. The van der Waals surface area contributed by atoms with E-state index in [0.717, 1.165) is 38.7 Å². The Morgan fingerprint density at radius 1 is 0.851 bits per heavy atom. The van der Waals surface area contributed by atoms with E-state index in [9.17, 15) is 78.3 Å². The number of primary amides is 1. The molecule has 19 N–H and O–H groups in total. The number of likely N-dealkylation sites (N-methyl/N-ethyl adjacent to an activating group) is 1. The lowest BCUT2D eigenvalue weighted by atomic mass is 9.44. The molecule has 720 valence electrons. The van der Waals surface area contributed by atoms with E-state index < -0.39 is 177 Å². The molecule has 42 heteroatoms. The number of allylic oxidation sites excluding steroid dienone is 3. The van der Waals surface area contributed by atoms with Crippen molar-refractivity contribution in [3.63, 3.8) is 0 Å². The summed E-state index contributed by atoms with van der Waals surface area (Å²) in [6.45, 7) is 9.81. The van der Waals surface area contributed by atoms with Crippen LogP contribution in [0.2, 0.25) is 0 Å². The summed E-state index contributed by atoms with van der Waals surface area (Å²) in [5.41, 5.74) is 10.3. The van der Waals surface area contributed by atoms with Crippen molar-refractivity contribution in [2.45, 2.75) is 194 Å². The molecular weight excluding hydrogens is 1790 g/mol. The fourth-order valence-corrected chi connectivity index (χ4v) is 26.5. The highest BCUT2D eigenvalue weighted by Gasteiger charge is 2.79. The van der Waals surface area contributed by atoms with Gasteiger partial charge in [-0.1, -0.05) is 84.8 Å². The van der Waals surface area contributed by atoms with Crippen LogP contribution in [0.4, 0.5) is 16.2 Å². The van der Waals surface area contributed by atoms with Gasteiger partial charge in [-0.2, -0.15) is 5.10 Å². The highest BCUT2D eigenvalue weighted by Crippen LogP contribution is 2.73. The number of hydrogen-bond donors (Lipinski definition) is 17. The van der Waals surface area contributed by atoms with Gasteiger partial charge in [0.15, 0.2) is 17.3 Å². The predicted molar refractivity (Wildman–Crippen MR) is 495 cm³/mol. The van der Waals surface area contributed by atoms with Crippen LogP contribution in [0.15, 0.2) is 100 Å². The van der Waals surface area contributed by atoms with Crippen molar-refractivity contribution in [1.82, 2.24) is 57.4 Å². The number of ether oxygens (including phenoxy) is 4. The van der Waals surface area contributed by atoms with E-state index in [4.69, 9.17) is 35.8 Å². The molecule has 6 fully saturated rings. The summed E-state index contributed by atoms with van der Waals surface area (Å²) in [6, 6.07) is 11.0. The molecule has 15 rings (SSSR count). The largest absolute Gasteiger partial charge is 0.496 e. The van der Waals surface area contributed by atoms with Crippen molar-refractivity contribution in [3.8, 4) is 5.75 Å². The number of benzene rings is 3. The van der Waals surface area contributed by atoms with Gasteiger partial charge in [0.1, 0.15) is 42.0 Å². The first-order valence-electron chi connectivity index (χ1n) is 45.2. The van der Waals surface area contributed by atoms with E-state index in [-0.39, 0.29) is 120 Å². The number of anilines is 2. The second-order valence-corrected chi connectivity index (χ2v) is 40.9. The molecule has 134 heavy (non-hydrogen) atoms. The number of Topliss-reactive ketones (excluding diaryl/α,β-unsaturated/α-hetero) is 2. The fraction of sp³-hybridized carbons (Fsp3) is 0.554. The van der Waals surface area contributed by atoms with Crippen LogP contribution in [0.1, 0.15) is 140 Å². The number of thioether (sulfide) groups is 1. The van der Waals surface area contributed by atoms with Crippen LogP contribution in [0.5, 0.6) is 5.75 Å². The van der Waals surface area contributed by atoms with Crippen molar-refractivity contribution in [2.24, 2.45) is 51.6 Å². The number of carbonyl (C=O) groups is 13. The number of aliphatic carboxylic acids is 2. The minimum absolute atomic E-state index is 0.00413. The lowest BCUT2D eigenvalue weighted by Gasteiger charge is -2.63. The third-order valence-corrected chi connectivity index (χ3v) is 33.3. The Labute approximate surface area is 785 Å². The molecule has 3 unspecified atom stereocenters. The number of aromatic nitrogens is 1. The Balaban J connectivity index is 0.607. The number of carboxylic acid groups (broad SMARTS) is 2. The number of guanidine groups is 1. The number of aliphatic hydroxyl groups is 3. The number of esters is 1. The molecule has 8 amide bonds. The number of aliphatic hydroxyl groups excluding tert-OH is 1. The maximum Gasteiger partial charge on any atom is 0.404 e. The second kappa shape index (κ2) is 38.6. The molecule has 3 aromatic carbocycles. The van der Waals surface area contributed by atoms with Crippen LogP contribution in [-0.4, -0.2) is 285 Å². The number of imide groups is 1. The highest BCUT2D eigenvalue weighted by molar-refractivity contribution is 8.76. The number of fused-ring (bicyclic) bond motifs is 10. The van der Waals surface area contributed by atoms with E-state index in [1.54, 1.807) is 38.1 Å². The van der Waals surface area contributed by atoms with E-state index in [1.165, 1.54) is 61.8 Å². The first kappa shape index (κ1) is 97.4. The van der Waals surface area contributed by atoms with Crippen molar-refractivity contribution in [1.29, 1.82) is 5.41 Å². The van der Waals surface area contributed by atoms with Crippen LogP contribution >= 0.6 is 33.3 Å². The number of hydrogen-bond acceptors (Lipinski definition) is 30. The highest BCUT2D eigenvalue weighted by atomic mass is 33.1. The van der Waals surface area contributed by atoms with Crippen LogP contribution in [0.3, 0.4) is 0 Å². The number of carboxylic acids is 2. The summed E-state index contributed by atoms with van der Waals surface area (Å²) < 4.78 is 23.7. The van der Waals surface area contributed by atoms with Gasteiger partial charge in [-0.3, -0.25) is 63.0 Å². The minimum atomic E-state index is -2.60. The molecule has 1 aromatic heterocycles. The quantitative estimate of drug-likeness (QED) is 0.00292. The summed E-state index contributed by atoms with van der Waals surface area (Å²) >= 11 is 0.734. The molecule has 11 aliphatic rings. The summed E-state index contributed by atoms with van der Waals surface area (Å²) in [5.74, 6) is -12.9. The molecule has 4 saturated heterocycles. The van der Waals surface area contributed by atoms with Crippen LogP contribution in [0.25, 0.3) is 10.9 Å². The van der Waals surface area contributed by atoms with Gasteiger partial charge >= 0.3 is 24.0 Å². The number of hydrazone groups is 1. The van der Waals surface area contributed by atoms with Crippen molar-refractivity contribution in [3.05, 3.63) is 123 Å². The maximum atomic E-state index is 15.7. The SMILES string of the molecule is CC[C@]1(O)C[C@H]2CN(Cc3c([nH]c4ccccc34)[C@@](C(=O)OC)(c3cc4c(cc3OC)N(C)[C@H]3[C@@](O)(C(=O)N/N=C(/C)c5ccc(N6C(=O)CC(SC[C@H](NC(=O)[C@H](CNC(=O)CCSSCCNC7=C(C)C(=O)C8=C(C7=O)[C@@H](COC(N)=O)[C@@]7(OC)[C@H]9N[C@H]9CN87)NC(=O)[C@H](CC(=O)O)NC(=O)[C@@H](C)CCCNC(=N)N)C(=O)O)C6=O)cc5)[C@H](O)[C@]5(CC)C=CCC6CC[C@]43[C@@H]65)C2)C1. The van der Waals surface area contributed by atoms with Gasteiger partial charge < -0.3 is 108 Å². The molecule has 39 nitrogen and oxygen atoms in total. The van der Waals surface area contributed by atoms with Gasteiger partial charge in [0, 0.05) is 158 Å². The van der Waals surface area contributed by atoms with Crippen LogP contribution in [0, 0.1) is 40.4 Å². The standard InChI is InChI=1S/C92H117N17O22S3/c1-10-87(126)36-48-37-90(84(124)129-8,74-53(40-107(39-48)44-87)52-18-12-13-19-57(52)99-74)55-32-54-62(34-63(55)128-7)106(6)81-89(54)27-24-50-17-14-26-88(11-2,73(50)89)82(122)91(81,127)83(123)105-104-47(5)49-20-22-51(23-21-49)109-66(111)35-64(79(109)119)132-43-61(80(120)121)103-78(118)59(102-77(117)58(33-67(112)113)101-76(116)45(3)16-15-28-97-85(93)94)38-98-65(110)25-30-133-134-31-29-96-69-46(4)71(114)70-68(72(69)115)56(42-131-86(95)125)92(130-9)75-60(100-75)41-108(70)92/h12-14,18-23,26,32,34,45,48,50,56,58-61,64,73,75,81-82,96,99-100,122,126-127H,10-11,15-17,24-25,27-31,33,35-44H2,1-9H3,(H2,95,125)(H,98,110)(H,101,116)(H,102,117)(H,103,118)(H,105,123)(H,112,113)(H,120,121)(H4,93,94,97)/b104-47-/t45-,48+,50?,56+,58-,59-,60-,61-,64?,73-,75-,81+,82+,87-,88+,89+,90-,91-,92+/m0/s1. The molecular formula is C92H117N17O22S3. The Morgan fingerprint density at radius 3 is 2.27 bits per heavy atom. The molecule has 20 atom stereocenters. The topological polar surface area (TPSA) is 583 Å². The number of rotatable bonds is 38. The molecule has 8 heterocycles. The second-order valence-electron chi connectivity index (χ2n) is 37.0. The first-order valence-corrected chi connectivity index (χ1v) is 48.7. The Kier molecular flexibility index (Phi) is 28.0. The predicted octanol–water partition coefficient (Wildman–Crippen LogP) is 2.25. The zero-order chi connectivity index (χ0) is 96.3. The first-order chi connectivity index (χ1) is 63.9. The number of nitrogens with one attached hydrogen (secondary N) is 10. The summed E-state index contributed by atoms with van der Waals surface area (Å²) in [7, 11) is 8.75. The minimum Gasteiger partial charge on any atom is -0.496 e. The van der Waals surface area contributed by atoms with Crippen molar-refractivity contribution >= 4 is 144 Å². The van der Waals surface area contributed by atoms with E-state index >= 15 is 9.59 Å². The third-order valence-electron chi connectivity index (χ3n) is 29.6. The monoisotopic (exact) mass is 1910 g/mol. The van der Waals surface area contributed by atoms with E-state index in [2.05, 4.69) is 57.6 Å². The zero-order valence-electron chi connectivity index (χ0n) is 76.0. The van der Waals surface area contributed by atoms with Crippen LogP contribution in [-0.2, 0) is 89.1 Å². The number of nitrogens with zero attached hydrogens (tertiary/aromatic N) is 5. The number of nitrogens with two attached hydrogens (primary N) is 2. The van der Waals surface area contributed by atoms with E-state index in [0.29, 0.717) is 105 Å². The normalized spacial score (nSPS) is 29.8. The average Bonchev–Trinajstić information content (AvgIpc) is 1.48. The Hall–Kier alpha value is -11.1. The number of ketones is 2. The smallest absolute Gasteiger partial charge is 0.404 e. The molecule has 2 bridgehead atoms.